The molecule has 0 radical (unpaired) electrons. The molecule has 3 rings (SSSR count). The number of ether oxygens (including phenoxy) is 2. The number of benzene rings is 2. The van der Waals surface area contributed by atoms with Crippen LogP contribution in [0.3, 0.4) is 0 Å². The molecule has 0 aromatic heterocycles. The van der Waals surface area contributed by atoms with Crippen LogP contribution in [-0.4, -0.2) is 36.5 Å². The zero-order valence-corrected chi connectivity index (χ0v) is 16.9. The molecule has 1 aliphatic heterocycles. The molecule has 1 heterocycles. The Labute approximate surface area is 171 Å². The van der Waals surface area contributed by atoms with Crippen molar-refractivity contribution in [3.05, 3.63) is 54.1 Å². The molecule has 2 aromatic carbocycles. The highest BCUT2D eigenvalue weighted by Gasteiger charge is 2.18. The Morgan fingerprint density at radius 2 is 1.83 bits per heavy atom. The van der Waals surface area contributed by atoms with Crippen LogP contribution in [0.25, 0.3) is 0 Å². The van der Waals surface area contributed by atoms with Crippen LogP contribution >= 0.6 is 0 Å². The Balaban J connectivity index is 1.48. The molecular formula is C23H28N2O4. The van der Waals surface area contributed by atoms with E-state index in [9.17, 15) is 9.59 Å². The van der Waals surface area contributed by atoms with Crippen molar-refractivity contribution in [2.24, 2.45) is 0 Å². The summed E-state index contributed by atoms with van der Waals surface area (Å²) < 4.78 is 11.1. The number of hydrogen-bond donors (Lipinski definition) is 1. The Bertz CT molecular complexity index is 820. The summed E-state index contributed by atoms with van der Waals surface area (Å²) in [6, 6.07) is 14.8. The average Bonchev–Trinajstić information content (AvgIpc) is 2.73. The first-order valence-corrected chi connectivity index (χ1v) is 10.2. The van der Waals surface area contributed by atoms with Crippen LogP contribution in [0.15, 0.2) is 48.5 Å². The minimum atomic E-state index is -0.234. The first kappa shape index (κ1) is 20.7. The molecular weight excluding hydrogens is 368 g/mol. The minimum Gasteiger partial charge on any atom is -0.494 e. The molecule has 0 atom stereocenters. The van der Waals surface area contributed by atoms with Gasteiger partial charge in [-0.3, -0.25) is 9.59 Å². The van der Waals surface area contributed by atoms with E-state index in [0.717, 1.165) is 37.1 Å². The maximum atomic E-state index is 12.2. The van der Waals surface area contributed by atoms with Crippen molar-refractivity contribution in [2.75, 3.05) is 25.1 Å². The third kappa shape index (κ3) is 6.52. The molecule has 154 valence electrons. The average molecular weight is 396 g/mol. The van der Waals surface area contributed by atoms with Gasteiger partial charge in [0.1, 0.15) is 11.5 Å². The summed E-state index contributed by atoms with van der Waals surface area (Å²) in [5.41, 5.74) is 1.70. The van der Waals surface area contributed by atoms with E-state index < -0.39 is 0 Å². The quantitative estimate of drug-likeness (QED) is 0.696. The van der Waals surface area contributed by atoms with E-state index in [2.05, 4.69) is 12.2 Å². The Kier molecular flexibility index (Phi) is 7.50. The molecule has 6 nitrogen and oxygen atoms in total. The molecule has 1 N–H and O–H groups in total. The lowest BCUT2D eigenvalue weighted by atomic mass is 10.1. The zero-order valence-electron chi connectivity index (χ0n) is 16.9. The number of amides is 2. The van der Waals surface area contributed by atoms with E-state index in [0.29, 0.717) is 31.0 Å². The van der Waals surface area contributed by atoms with Gasteiger partial charge in [0.2, 0.25) is 5.91 Å². The number of carbonyl (C=O) groups is 2. The van der Waals surface area contributed by atoms with E-state index in [4.69, 9.17) is 9.47 Å². The number of anilines is 1. The predicted octanol–water partition coefficient (Wildman–Crippen LogP) is 4.01. The van der Waals surface area contributed by atoms with Gasteiger partial charge in [0, 0.05) is 25.2 Å². The third-order valence-electron chi connectivity index (χ3n) is 4.67. The molecule has 0 saturated carbocycles. The third-order valence-corrected chi connectivity index (χ3v) is 4.67. The highest BCUT2D eigenvalue weighted by Crippen LogP contribution is 2.19. The Morgan fingerprint density at radius 1 is 1.07 bits per heavy atom. The second kappa shape index (κ2) is 10.5. The van der Waals surface area contributed by atoms with Crippen LogP contribution < -0.4 is 14.8 Å². The van der Waals surface area contributed by atoms with Gasteiger partial charge in [0.05, 0.1) is 6.61 Å². The molecule has 1 saturated heterocycles. The summed E-state index contributed by atoms with van der Waals surface area (Å²) in [4.78, 5) is 26.1. The lowest BCUT2D eigenvalue weighted by Gasteiger charge is -2.26. The molecule has 1 aliphatic rings. The fourth-order valence-electron chi connectivity index (χ4n) is 3.19. The maximum absolute atomic E-state index is 12.2. The molecule has 0 aliphatic carbocycles. The molecule has 1 fully saturated rings. The largest absolute Gasteiger partial charge is 0.494 e. The second-order valence-corrected chi connectivity index (χ2v) is 7.13. The summed E-state index contributed by atoms with van der Waals surface area (Å²) in [6.45, 7) is 4.02. The number of rotatable bonds is 9. The summed E-state index contributed by atoms with van der Waals surface area (Å²) in [6.07, 6.45) is 3.60. The van der Waals surface area contributed by atoms with Gasteiger partial charge in [-0.2, -0.15) is 0 Å². The topological polar surface area (TPSA) is 67.9 Å². The summed E-state index contributed by atoms with van der Waals surface area (Å²) in [5, 5.41) is 2.85. The van der Waals surface area contributed by atoms with Gasteiger partial charge in [-0.05, 0) is 61.2 Å². The van der Waals surface area contributed by atoms with Crippen LogP contribution in [0.2, 0.25) is 0 Å². The Hall–Kier alpha value is -3.02. The summed E-state index contributed by atoms with van der Waals surface area (Å²) in [7, 11) is 0. The van der Waals surface area contributed by atoms with Gasteiger partial charge in [-0.25, -0.2) is 0 Å². The molecule has 2 aromatic rings. The van der Waals surface area contributed by atoms with Crippen LogP contribution in [0.5, 0.6) is 11.5 Å². The van der Waals surface area contributed by atoms with Gasteiger partial charge in [-0.15, -0.1) is 0 Å². The molecule has 0 spiro atoms. The number of carbonyl (C=O) groups excluding carboxylic acids is 2. The number of nitrogens with zero attached hydrogens (tertiary/aromatic N) is 1. The van der Waals surface area contributed by atoms with Gasteiger partial charge in [-0.1, -0.05) is 19.1 Å². The first-order chi connectivity index (χ1) is 14.1. The lowest BCUT2D eigenvalue weighted by molar-refractivity contribution is -0.133. The normalized spacial score (nSPS) is 13.8. The van der Waals surface area contributed by atoms with Crippen LogP contribution in [0.1, 0.15) is 38.2 Å². The number of nitrogens with one attached hydrogen (secondary N) is 1. The fraction of sp³-hybridized carbons (Fsp3) is 0.391. The molecule has 29 heavy (non-hydrogen) atoms. The summed E-state index contributed by atoms with van der Waals surface area (Å²) >= 11 is 0. The van der Waals surface area contributed by atoms with E-state index >= 15 is 0 Å². The predicted molar refractivity (Wildman–Crippen MR) is 112 cm³/mol. The fourth-order valence-corrected chi connectivity index (χ4v) is 3.19. The highest BCUT2D eigenvalue weighted by molar-refractivity contribution is 5.92. The number of hydrogen-bond acceptors (Lipinski definition) is 4. The number of piperidine rings is 1. The van der Waals surface area contributed by atoms with Crippen LogP contribution in [-0.2, 0) is 16.1 Å². The standard InChI is InChI=1S/C23H28N2O4/c1-2-14-28-20-9-11-21(12-10-20)29-17-22(26)24-19-7-5-6-18(15-19)16-25-13-4-3-8-23(25)27/h5-7,9-12,15H,2-4,8,13-14,16-17H2,1H3,(H,24,26). The van der Waals surface area contributed by atoms with Gasteiger partial charge < -0.3 is 19.7 Å². The van der Waals surface area contributed by atoms with E-state index in [1.54, 1.807) is 12.1 Å². The monoisotopic (exact) mass is 396 g/mol. The number of likely N-dealkylation sites (tertiary alicyclic amines) is 1. The van der Waals surface area contributed by atoms with Gasteiger partial charge >= 0.3 is 0 Å². The van der Waals surface area contributed by atoms with Gasteiger partial charge in [0.15, 0.2) is 6.61 Å². The molecule has 0 unspecified atom stereocenters. The second-order valence-electron chi connectivity index (χ2n) is 7.13. The van der Waals surface area contributed by atoms with E-state index in [1.807, 2.05) is 41.3 Å². The zero-order chi connectivity index (χ0) is 20.5. The Morgan fingerprint density at radius 3 is 2.55 bits per heavy atom. The van der Waals surface area contributed by atoms with Gasteiger partial charge in [0.25, 0.3) is 5.91 Å². The molecule has 0 bridgehead atoms. The van der Waals surface area contributed by atoms with Crippen LogP contribution in [0, 0.1) is 0 Å². The van der Waals surface area contributed by atoms with Crippen molar-refractivity contribution < 1.29 is 19.1 Å². The summed E-state index contributed by atoms with van der Waals surface area (Å²) in [5.74, 6) is 1.36. The SMILES string of the molecule is CCCOc1ccc(OCC(=O)Nc2cccc(CN3CCCCC3=O)c2)cc1. The van der Waals surface area contributed by atoms with E-state index in [-0.39, 0.29) is 18.4 Å². The minimum absolute atomic E-state index is 0.0794. The smallest absolute Gasteiger partial charge is 0.262 e. The van der Waals surface area contributed by atoms with Crippen molar-refractivity contribution >= 4 is 17.5 Å². The first-order valence-electron chi connectivity index (χ1n) is 10.2. The maximum Gasteiger partial charge on any atom is 0.262 e. The van der Waals surface area contributed by atoms with Crippen molar-refractivity contribution in [1.82, 2.24) is 4.90 Å². The molecule has 2 amide bonds. The van der Waals surface area contributed by atoms with E-state index in [1.165, 1.54) is 0 Å². The van der Waals surface area contributed by atoms with Crippen molar-refractivity contribution in [1.29, 1.82) is 0 Å². The van der Waals surface area contributed by atoms with Crippen LogP contribution in [0.4, 0.5) is 5.69 Å². The lowest BCUT2D eigenvalue weighted by Crippen LogP contribution is -2.34. The highest BCUT2D eigenvalue weighted by atomic mass is 16.5. The van der Waals surface area contributed by atoms with Crippen molar-refractivity contribution in [2.45, 2.75) is 39.2 Å². The van der Waals surface area contributed by atoms with Crippen molar-refractivity contribution in [3.8, 4) is 11.5 Å². The van der Waals surface area contributed by atoms with Crippen molar-refractivity contribution in [3.63, 3.8) is 0 Å². The molecule has 6 heteroatoms.